The van der Waals surface area contributed by atoms with Crippen molar-refractivity contribution >= 4 is 36.1 Å². The number of carbonyl (C=O) groups excluding carboxylic acids is 6. The molecule has 0 aliphatic heterocycles. The van der Waals surface area contributed by atoms with Crippen LogP contribution in [0.1, 0.15) is 11.1 Å². The predicted molar refractivity (Wildman–Crippen MR) is 145 cm³/mol. The van der Waals surface area contributed by atoms with Crippen molar-refractivity contribution in [3.8, 4) is 0 Å². The first-order chi connectivity index (χ1) is 20.1. The summed E-state index contributed by atoms with van der Waals surface area (Å²) in [6, 6.07) is 6.78. The van der Waals surface area contributed by atoms with Crippen molar-refractivity contribution in [1.29, 1.82) is 0 Å². The average molecular weight is 589 g/mol. The molecule has 0 aliphatic carbocycles. The Morgan fingerprint density at radius 2 is 0.905 bits per heavy atom. The number of carbonyl (C=O) groups is 6. The highest BCUT2D eigenvalue weighted by Crippen LogP contribution is 2.07. The number of hydrogen-bond acceptors (Lipinski definition) is 12. The maximum Gasteiger partial charge on any atom is 0.407 e. The molecule has 0 aliphatic rings. The Bertz CT molecular complexity index is 1030. The number of alkyl carbamates (subject to hydrolysis) is 2. The largest absolute Gasteiger partial charge is 0.458 e. The number of benzene rings is 1. The van der Waals surface area contributed by atoms with Crippen LogP contribution in [0, 0.1) is 0 Å². The van der Waals surface area contributed by atoms with Crippen LogP contribution in [0.15, 0.2) is 74.9 Å². The number of rotatable bonds is 18. The van der Waals surface area contributed by atoms with Crippen molar-refractivity contribution in [3.05, 3.63) is 86.0 Å². The molecule has 1 aromatic rings. The highest BCUT2D eigenvalue weighted by Gasteiger charge is 2.20. The summed E-state index contributed by atoms with van der Waals surface area (Å²) in [5, 5.41) is 5.03. The summed E-state index contributed by atoms with van der Waals surface area (Å²) in [4.78, 5) is 69.9. The molecule has 0 fully saturated rings. The lowest BCUT2D eigenvalue weighted by Crippen LogP contribution is -2.35. The molecule has 0 atom stereocenters. The van der Waals surface area contributed by atoms with Gasteiger partial charge in [0, 0.05) is 37.4 Å². The van der Waals surface area contributed by atoms with E-state index in [2.05, 4.69) is 36.9 Å². The molecule has 0 saturated heterocycles. The number of hydrogen-bond donors (Lipinski definition) is 2. The number of ether oxygens (including phenoxy) is 6. The highest BCUT2D eigenvalue weighted by atomic mass is 16.6. The fourth-order valence-corrected chi connectivity index (χ4v) is 2.75. The molecule has 1 aromatic carbocycles. The maximum atomic E-state index is 12.3. The van der Waals surface area contributed by atoms with Gasteiger partial charge in [0.1, 0.15) is 26.4 Å². The first kappa shape index (κ1) is 34.6. The monoisotopic (exact) mass is 588 g/mol. The highest BCUT2D eigenvalue weighted by molar-refractivity contribution is 5.82. The topological polar surface area (TPSA) is 182 Å². The molecule has 1 rings (SSSR count). The van der Waals surface area contributed by atoms with Crippen LogP contribution in [0.25, 0.3) is 0 Å². The number of amides is 2. The maximum absolute atomic E-state index is 12.3. The molecule has 0 radical (unpaired) electrons. The van der Waals surface area contributed by atoms with E-state index in [1.165, 1.54) is 0 Å². The van der Waals surface area contributed by atoms with Gasteiger partial charge in [-0.15, -0.1) is 0 Å². The molecule has 14 nitrogen and oxygen atoms in total. The Balaban J connectivity index is 2.65. The molecule has 0 heterocycles. The molecule has 2 N–H and O–H groups in total. The zero-order chi connectivity index (χ0) is 31.3. The van der Waals surface area contributed by atoms with E-state index < -0.39 is 48.3 Å². The lowest BCUT2D eigenvalue weighted by atomic mass is 10.1. The molecular weight excluding hydrogens is 556 g/mol. The summed E-state index contributed by atoms with van der Waals surface area (Å²) < 4.78 is 29.7. The molecule has 0 spiro atoms. The summed E-state index contributed by atoms with van der Waals surface area (Å²) in [5.41, 5.74) is 1.27. The molecule has 0 bridgehead atoms. The van der Waals surface area contributed by atoms with Crippen molar-refractivity contribution in [3.63, 3.8) is 0 Å². The van der Waals surface area contributed by atoms with Crippen LogP contribution in [0.3, 0.4) is 0 Å². The van der Waals surface area contributed by atoms with E-state index >= 15 is 0 Å². The van der Waals surface area contributed by atoms with Gasteiger partial charge in [0.05, 0.1) is 0 Å². The number of nitrogens with one attached hydrogen (secondary N) is 2. The Kier molecular flexibility index (Phi) is 16.2. The normalized spacial score (nSPS) is 9.95. The molecule has 2 amide bonds. The van der Waals surface area contributed by atoms with Crippen LogP contribution in [0.2, 0.25) is 0 Å². The van der Waals surface area contributed by atoms with Gasteiger partial charge in [-0.25, -0.2) is 28.8 Å². The lowest BCUT2D eigenvalue weighted by molar-refractivity contribution is -0.147. The van der Waals surface area contributed by atoms with Gasteiger partial charge in [-0.2, -0.15) is 0 Å². The first-order valence-electron chi connectivity index (χ1n) is 12.2. The van der Waals surface area contributed by atoms with Crippen LogP contribution in [0.4, 0.5) is 9.59 Å². The second kappa shape index (κ2) is 19.6. The molecule has 0 aromatic heterocycles. The fraction of sp³-hybridized carbons (Fsp3) is 0.286. The summed E-state index contributed by atoms with van der Waals surface area (Å²) in [6.45, 7) is 11.6. The van der Waals surface area contributed by atoms with Crippen LogP contribution in [0.5, 0.6) is 0 Å². The first-order valence-corrected chi connectivity index (χ1v) is 12.2. The Hall–Kier alpha value is -5.40. The van der Waals surface area contributed by atoms with Crippen molar-refractivity contribution < 1.29 is 57.2 Å². The van der Waals surface area contributed by atoms with Crippen LogP contribution in [-0.2, 0) is 60.7 Å². The second-order valence-corrected chi connectivity index (χ2v) is 7.92. The standard InChI is InChI=1S/C28H32N2O12/c1-5-23(31)37-15-21(16-38-24(32)6-2)41-27(35)29-13-19-10-9-11-20(12-19)14-30-28(36)42-22(17-39-25(33)7-3)18-40-26(34)8-4/h5-12,21-22H,1-4,13-18H2,(H,29,35)(H,30,36). The third kappa shape index (κ3) is 15.3. The minimum absolute atomic E-state index is 0.0220. The van der Waals surface area contributed by atoms with Gasteiger partial charge in [0.25, 0.3) is 0 Å². The van der Waals surface area contributed by atoms with Crippen molar-refractivity contribution in [1.82, 2.24) is 10.6 Å². The van der Waals surface area contributed by atoms with E-state index in [0.717, 1.165) is 24.3 Å². The third-order valence-electron chi connectivity index (χ3n) is 4.73. The van der Waals surface area contributed by atoms with Crippen molar-refractivity contribution in [2.45, 2.75) is 25.3 Å². The molecule has 226 valence electrons. The van der Waals surface area contributed by atoms with Gasteiger partial charge in [-0.1, -0.05) is 50.6 Å². The zero-order valence-electron chi connectivity index (χ0n) is 22.7. The lowest BCUT2D eigenvalue weighted by Gasteiger charge is -2.18. The van der Waals surface area contributed by atoms with E-state index in [1.807, 2.05) is 0 Å². The Labute approximate surface area is 241 Å². The molecule has 14 heteroatoms. The van der Waals surface area contributed by atoms with E-state index in [9.17, 15) is 28.8 Å². The third-order valence-corrected chi connectivity index (χ3v) is 4.73. The van der Waals surface area contributed by atoms with Gasteiger partial charge >= 0.3 is 36.1 Å². The minimum atomic E-state index is -1.09. The van der Waals surface area contributed by atoms with Crippen LogP contribution < -0.4 is 10.6 Å². The number of esters is 4. The predicted octanol–water partition coefficient (Wildman–Crippen LogP) is 1.79. The smallest absolute Gasteiger partial charge is 0.407 e. The Morgan fingerprint density at radius 3 is 1.19 bits per heavy atom. The van der Waals surface area contributed by atoms with E-state index in [0.29, 0.717) is 11.1 Å². The van der Waals surface area contributed by atoms with E-state index in [4.69, 9.17) is 28.4 Å². The van der Waals surface area contributed by atoms with Gasteiger partial charge in [-0.3, -0.25) is 0 Å². The van der Waals surface area contributed by atoms with Gasteiger partial charge in [0.2, 0.25) is 0 Å². The zero-order valence-corrected chi connectivity index (χ0v) is 22.7. The average Bonchev–Trinajstić information content (AvgIpc) is 3.00. The summed E-state index contributed by atoms with van der Waals surface area (Å²) in [7, 11) is 0. The van der Waals surface area contributed by atoms with E-state index in [-0.39, 0.29) is 39.5 Å². The summed E-state index contributed by atoms with van der Waals surface area (Å²) in [5.74, 6) is -3.01. The second-order valence-electron chi connectivity index (χ2n) is 7.92. The van der Waals surface area contributed by atoms with Crippen LogP contribution in [-0.4, -0.2) is 74.7 Å². The fourth-order valence-electron chi connectivity index (χ4n) is 2.75. The van der Waals surface area contributed by atoms with E-state index in [1.54, 1.807) is 24.3 Å². The van der Waals surface area contributed by atoms with Gasteiger partial charge in [0.15, 0.2) is 12.2 Å². The molecule has 0 unspecified atom stereocenters. The minimum Gasteiger partial charge on any atom is -0.458 e. The van der Waals surface area contributed by atoms with Crippen molar-refractivity contribution in [2.24, 2.45) is 0 Å². The van der Waals surface area contributed by atoms with Gasteiger partial charge < -0.3 is 39.1 Å². The molecular formula is C28H32N2O12. The Morgan fingerprint density at radius 1 is 0.595 bits per heavy atom. The summed E-state index contributed by atoms with van der Waals surface area (Å²) >= 11 is 0. The quantitative estimate of drug-likeness (QED) is 0.144. The summed E-state index contributed by atoms with van der Waals surface area (Å²) in [6.07, 6.45) is -0.243. The SMILES string of the molecule is C=CC(=O)OCC(COC(=O)C=C)OC(=O)NCc1cccc(CNC(=O)OC(COC(=O)C=C)COC(=O)C=C)c1. The van der Waals surface area contributed by atoms with Crippen molar-refractivity contribution in [2.75, 3.05) is 26.4 Å². The van der Waals surface area contributed by atoms with Gasteiger partial charge in [-0.05, 0) is 11.1 Å². The molecule has 0 saturated carbocycles. The molecule has 42 heavy (non-hydrogen) atoms. The van der Waals surface area contributed by atoms with Crippen LogP contribution >= 0.6 is 0 Å².